The van der Waals surface area contributed by atoms with Gasteiger partial charge in [-0.15, -0.1) is 0 Å². The van der Waals surface area contributed by atoms with E-state index in [4.69, 9.17) is 4.74 Å². The van der Waals surface area contributed by atoms with Crippen LogP contribution >= 0.6 is 0 Å². The Morgan fingerprint density at radius 2 is 2.16 bits per heavy atom. The van der Waals surface area contributed by atoms with Gasteiger partial charge in [-0.1, -0.05) is 18.2 Å². The molecular weight excluding hydrogens is 242 g/mol. The molecule has 2 aromatic rings. The van der Waals surface area contributed by atoms with Gasteiger partial charge in [0.05, 0.1) is 6.20 Å². The van der Waals surface area contributed by atoms with Gasteiger partial charge in [-0.25, -0.2) is 0 Å². The molecule has 19 heavy (non-hydrogen) atoms. The average molecular weight is 261 g/mol. The summed E-state index contributed by atoms with van der Waals surface area (Å²) >= 11 is 0. The Balaban J connectivity index is 1.65. The Morgan fingerprint density at radius 3 is 2.84 bits per heavy atom. The highest BCUT2D eigenvalue weighted by Crippen LogP contribution is 2.08. The molecule has 0 spiro atoms. The summed E-state index contributed by atoms with van der Waals surface area (Å²) in [6, 6.07) is 9.48. The number of aryl methyl sites for hydroxylation is 1. The molecule has 0 radical (unpaired) electrons. The van der Waals surface area contributed by atoms with Gasteiger partial charge in [-0.3, -0.25) is 5.10 Å². The normalized spacial score (nSPS) is 12.3. The quantitative estimate of drug-likeness (QED) is 0.701. The van der Waals surface area contributed by atoms with Gasteiger partial charge in [0.1, 0.15) is 18.5 Å². The summed E-state index contributed by atoms with van der Waals surface area (Å²) in [6.45, 7) is 3.42. The Labute approximate surface area is 112 Å². The standard InChI is InChI=1S/C14H19N3O2/c1-11-12(8-16-17-11)7-15-9-13(18)10-19-14-5-3-2-4-6-14/h2-6,8,13,15,18H,7,9-10H2,1H3,(H,16,17)/t13-/m0/s1. The van der Waals surface area contributed by atoms with E-state index in [0.29, 0.717) is 13.1 Å². The molecule has 0 unspecified atom stereocenters. The average Bonchev–Trinajstić information content (AvgIpc) is 2.83. The number of aromatic nitrogens is 2. The second-order valence-electron chi connectivity index (χ2n) is 4.43. The number of aliphatic hydroxyl groups is 1. The maximum atomic E-state index is 9.80. The second kappa shape index (κ2) is 6.92. The zero-order valence-corrected chi connectivity index (χ0v) is 11.0. The van der Waals surface area contributed by atoms with Crippen molar-refractivity contribution in [2.24, 2.45) is 0 Å². The van der Waals surface area contributed by atoms with E-state index in [1.165, 1.54) is 0 Å². The van der Waals surface area contributed by atoms with Crippen LogP contribution in [0.4, 0.5) is 0 Å². The van der Waals surface area contributed by atoms with E-state index in [2.05, 4.69) is 15.5 Å². The minimum Gasteiger partial charge on any atom is -0.491 e. The fourth-order valence-electron chi connectivity index (χ4n) is 1.70. The minimum atomic E-state index is -0.535. The van der Waals surface area contributed by atoms with Gasteiger partial charge in [0.15, 0.2) is 0 Å². The highest BCUT2D eigenvalue weighted by molar-refractivity contribution is 5.20. The lowest BCUT2D eigenvalue weighted by Gasteiger charge is -2.13. The number of aliphatic hydroxyl groups excluding tert-OH is 1. The van der Waals surface area contributed by atoms with Crippen LogP contribution in [0.5, 0.6) is 5.75 Å². The van der Waals surface area contributed by atoms with Crippen molar-refractivity contribution in [1.29, 1.82) is 0 Å². The van der Waals surface area contributed by atoms with Crippen molar-refractivity contribution in [3.05, 3.63) is 47.8 Å². The van der Waals surface area contributed by atoms with Crippen molar-refractivity contribution >= 4 is 0 Å². The topological polar surface area (TPSA) is 70.2 Å². The van der Waals surface area contributed by atoms with E-state index in [9.17, 15) is 5.11 Å². The summed E-state index contributed by atoms with van der Waals surface area (Å²) in [5.41, 5.74) is 2.15. The van der Waals surface area contributed by atoms with E-state index >= 15 is 0 Å². The molecule has 1 aromatic carbocycles. The van der Waals surface area contributed by atoms with Gasteiger partial charge in [0.2, 0.25) is 0 Å². The van der Waals surface area contributed by atoms with Crippen LogP contribution < -0.4 is 10.1 Å². The van der Waals surface area contributed by atoms with Crippen LogP contribution in [0.3, 0.4) is 0 Å². The molecule has 1 heterocycles. The molecule has 0 aliphatic rings. The molecule has 2 rings (SSSR count). The van der Waals surface area contributed by atoms with E-state index < -0.39 is 6.10 Å². The summed E-state index contributed by atoms with van der Waals surface area (Å²) in [4.78, 5) is 0. The number of hydrogen-bond donors (Lipinski definition) is 3. The molecule has 0 amide bonds. The fraction of sp³-hybridized carbons (Fsp3) is 0.357. The van der Waals surface area contributed by atoms with Crippen molar-refractivity contribution in [1.82, 2.24) is 15.5 Å². The largest absolute Gasteiger partial charge is 0.491 e. The molecule has 0 saturated carbocycles. The second-order valence-corrected chi connectivity index (χ2v) is 4.43. The molecule has 0 bridgehead atoms. The van der Waals surface area contributed by atoms with Crippen LogP contribution in [-0.4, -0.2) is 34.6 Å². The number of ether oxygens (including phenoxy) is 1. The smallest absolute Gasteiger partial charge is 0.119 e. The van der Waals surface area contributed by atoms with Crippen LogP contribution in [0.25, 0.3) is 0 Å². The maximum absolute atomic E-state index is 9.80. The number of benzene rings is 1. The Bertz CT molecular complexity index is 484. The molecule has 1 atom stereocenters. The molecule has 0 fully saturated rings. The Hall–Kier alpha value is -1.85. The molecular formula is C14H19N3O2. The van der Waals surface area contributed by atoms with Gasteiger partial charge in [-0.05, 0) is 19.1 Å². The zero-order valence-electron chi connectivity index (χ0n) is 11.0. The van der Waals surface area contributed by atoms with Gasteiger partial charge >= 0.3 is 0 Å². The van der Waals surface area contributed by atoms with Crippen LogP contribution in [0, 0.1) is 6.92 Å². The van der Waals surface area contributed by atoms with Crippen molar-refractivity contribution in [2.45, 2.75) is 19.6 Å². The maximum Gasteiger partial charge on any atom is 0.119 e. The molecule has 0 saturated heterocycles. The number of para-hydroxylation sites is 1. The summed E-state index contributed by atoms with van der Waals surface area (Å²) < 4.78 is 5.47. The third-order valence-corrected chi connectivity index (χ3v) is 2.82. The first-order valence-corrected chi connectivity index (χ1v) is 6.31. The summed E-state index contributed by atoms with van der Waals surface area (Å²) in [6.07, 6.45) is 1.25. The van der Waals surface area contributed by atoms with E-state index in [-0.39, 0.29) is 6.61 Å². The van der Waals surface area contributed by atoms with Crippen molar-refractivity contribution in [3.8, 4) is 5.75 Å². The van der Waals surface area contributed by atoms with Crippen molar-refractivity contribution < 1.29 is 9.84 Å². The fourth-order valence-corrected chi connectivity index (χ4v) is 1.70. The lowest BCUT2D eigenvalue weighted by molar-refractivity contribution is 0.106. The molecule has 102 valence electrons. The van der Waals surface area contributed by atoms with E-state index in [0.717, 1.165) is 17.0 Å². The third-order valence-electron chi connectivity index (χ3n) is 2.82. The summed E-state index contributed by atoms with van der Waals surface area (Å²) in [5, 5.41) is 19.8. The Morgan fingerprint density at radius 1 is 1.37 bits per heavy atom. The molecule has 0 aliphatic heterocycles. The van der Waals surface area contributed by atoms with Crippen LogP contribution in [0.15, 0.2) is 36.5 Å². The van der Waals surface area contributed by atoms with Crippen molar-refractivity contribution in [3.63, 3.8) is 0 Å². The van der Waals surface area contributed by atoms with Gasteiger partial charge in [0.25, 0.3) is 0 Å². The monoisotopic (exact) mass is 261 g/mol. The molecule has 0 aliphatic carbocycles. The third kappa shape index (κ3) is 4.39. The first kappa shape index (κ1) is 13.6. The molecule has 1 aromatic heterocycles. The van der Waals surface area contributed by atoms with Crippen LogP contribution in [-0.2, 0) is 6.54 Å². The Kier molecular flexibility index (Phi) is 4.94. The SMILES string of the molecule is Cc1[nH]ncc1CNC[C@H](O)COc1ccccc1. The summed E-state index contributed by atoms with van der Waals surface area (Å²) in [7, 11) is 0. The molecule has 5 nitrogen and oxygen atoms in total. The number of nitrogens with one attached hydrogen (secondary N) is 2. The van der Waals surface area contributed by atoms with Crippen molar-refractivity contribution in [2.75, 3.05) is 13.2 Å². The predicted octanol–water partition coefficient (Wildman–Crippen LogP) is 1.25. The lowest BCUT2D eigenvalue weighted by Crippen LogP contribution is -2.31. The van der Waals surface area contributed by atoms with Crippen LogP contribution in [0.1, 0.15) is 11.3 Å². The number of H-pyrrole nitrogens is 1. The minimum absolute atomic E-state index is 0.279. The van der Waals surface area contributed by atoms with Gasteiger partial charge in [-0.2, -0.15) is 5.10 Å². The van der Waals surface area contributed by atoms with Crippen LogP contribution in [0.2, 0.25) is 0 Å². The first-order chi connectivity index (χ1) is 9.25. The number of nitrogens with zero attached hydrogens (tertiary/aromatic N) is 1. The zero-order chi connectivity index (χ0) is 13.5. The molecule has 5 heteroatoms. The summed E-state index contributed by atoms with van der Waals surface area (Å²) in [5.74, 6) is 0.771. The highest BCUT2D eigenvalue weighted by Gasteiger charge is 2.06. The number of aromatic amines is 1. The molecule has 3 N–H and O–H groups in total. The first-order valence-electron chi connectivity index (χ1n) is 6.31. The van der Waals surface area contributed by atoms with E-state index in [1.54, 1.807) is 6.20 Å². The lowest BCUT2D eigenvalue weighted by atomic mass is 10.2. The van der Waals surface area contributed by atoms with Gasteiger partial charge < -0.3 is 15.2 Å². The van der Waals surface area contributed by atoms with E-state index in [1.807, 2.05) is 37.3 Å². The number of hydrogen-bond acceptors (Lipinski definition) is 4. The number of rotatable bonds is 7. The van der Waals surface area contributed by atoms with Gasteiger partial charge in [0, 0.05) is 24.3 Å². The predicted molar refractivity (Wildman–Crippen MR) is 73.0 cm³/mol. The highest BCUT2D eigenvalue weighted by atomic mass is 16.5.